The van der Waals surface area contributed by atoms with Gasteiger partial charge in [0.1, 0.15) is 22.7 Å². The van der Waals surface area contributed by atoms with Crippen molar-refractivity contribution in [3.05, 3.63) is 30.0 Å². The van der Waals surface area contributed by atoms with E-state index in [-0.39, 0.29) is 0 Å². The van der Waals surface area contributed by atoms with E-state index in [1.165, 1.54) is 0 Å². The van der Waals surface area contributed by atoms with Crippen molar-refractivity contribution in [2.45, 2.75) is 19.4 Å². The third kappa shape index (κ3) is 1.83. The van der Waals surface area contributed by atoms with E-state index in [4.69, 9.17) is 9.15 Å². The van der Waals surface area contributed by atoms with E-state index in [1.807, 2.05) is 24.3 Å². The molecule has 1 heterocycles. The summed E-state index contributed by atoms with van der Waals surface area (Å²) in [5.41, 5.74) is -0.195. The number of fused-ring (bicyclic) bond motifs is 1. The normalized spacial score (nSPS) is 12.0. The van der Waals surface area contributed by atoms with Gasteiger partial charge in [0.05, 0.1) is 7.11 Å². The Morgan fingerprint density at radius 1 is 1.27 bits per heavy atom. The van der Waals surface area contributed by atoms with Crippen molar-refractivity contribution in [3.8, 4) is 5.75 Å². The number of hydrogen-bond donors (Lipinski definition) is 1. The largest absolute Gasteiger partial charge is 0.497 e. The maximum absolute atomic E-state index is 9.79. The zero-order chi connectivity index (χ0) is 11.1. The molecule has 1 aromatic carbocycles. The third-order valence-electron chi connectivity index (χ3n) is 2.33. The van der Waals surface area contributed by atoms with Crippen LogP contribution in [0.4, 0.5) is 0 Å². The maximum Gasteiger partial charge on any atom is 0.136 e. The highest BCUT2D eigenvalue weighted by Crippen LogP contribution is 2.29. The quantitative estimate of drug-likeness (QED) is 0.821. The molecule has 15 heavy (non-hydrogen) atoms. The molecule has 0 fully saturated rings. The fourth-order valence-electron chi connectivity index (χ4n) is 1.45. The molecule has 2 rings (SSSR count). The molecule has 3 heteroatoms. The van der Waals surface area contributed by atoms with Crippen LogP contribution in [0.1, 0.15) is 19.6 Å². The minimum Gasteiger partial charge on any atom is -0.497 e. The first-order chi connectivity index (χ1) is 7.00. The van der Waals surface area contributed by atoms with Crippen molar-refractivity contribution >= 4 is 11.0 Å². The van der Waals surface area contributed by atoms with Gasteiger partial charge in [-0.25, -0.2) is 0 Å². The van der Waals surface area contributed by atoms with E-state index in [2.05, 4.69) is 0 Å². The van der Waals surface area contributed by atoms with Gasteiger partial charge in [0, 0.05) is 5.39 Å². The fraction of sp³-hybridized carbons (Fsp3) is 0.333. The van der Waals surface area contributed by atoms with Crippen molar-refractivity contribution < 1.29 is 14.3 Å². The van der Waals surface area contributed by atoms with Gasteiger partial charge in [-0.15, -0.1) is 0 Å². The Balaban J connectivity index is 2.56. The highest BCUT2D eigenvalue weighted by molar-refractivity contribution is 5.79. The summed E-state index contributed by atoms with van der Waals surface area (Å²) in [6, 6.07) is 7.38. The van der Waals surface area contributed by atoms with Gasteiger partial charge in [-0.3, -0.25) is 0 Å². The second-order valence-electron chi connectivity index (χ2n) is 4.07. The van der Waals surface area contributed by atoms with Gasteiger partial charge in [-0.05, 0) is 38.1 Å². The number of rotatable bonds is 2. The van der Waals surface area contributed by atoms with Crippen molar-refractivity contribution in [2.24, 2.45) is 0 Å². The highest BCUT2D eigenvalue weighted by atomic mass is 16.5. The van der Waals surface area contributed by atoms with Crippen LogP contribution in [0.5, 0.6) is 5.75 Å². The molecule has 0 bridgehead atoms. The molecule has 0 unspecified atom stereocenters. The third-order valence-corrected chi connectivity index (χ3v) is 2.33. The number of furan rings is 1. The smallest absolute Gasteiger partial charge is 0.136 e. The zero-order valence-electron chi connectivity index (χ0n) is 9.07. The predicted octanol–water partition coefficient (Wildman–Crippen LogP) is 2.67. The molecule has 0 aliphatic heterocycles. The average Bonchev–Trinajstić information content (AvgIpc) is 2.59. The lowest BCUT2D eigenvalue weighted by atomic mass is 10.1. The fourth-order valence-corrected chi connectivity index (χ4v) is 1.45. The van der Waals surface area contributed by atoms with Crippen LogP contribution in [0.3, 0.4) is 0 Å². The molecule has 0 atom stereocenters. The van der Waals surface area contributed by atoms with Gasteiger partial charge >= 0.3 is 0 Å². The van der Waals surface area contributed by atoms with Crippen molar-refractivity contribution in [1.82, 2.24) is 0 Å². The second kappa shape index (κ2) is 3.28. The lowest BCUT2D eigenvalue weighted by Crippen LogP contribution is -2.13. The summed E-state index contributed by atoms with van der Waals surface area (Å²) in [5, 5.41) is 10.7. The van der Waals surface area contributed by atoms with Crippen LogP contribution in [0.25, 0.3) is 11.0 Å². The van der Waals surface area contributed by atoms with Gasteiger partial charge in [0.25, 0.3) is 0 Å². The monoisotopic (exact) mass is 206 g/mol. The standard InChI is InChI=1S/C12H14O3/c1-12(2,13)11-7-8-6-9(14-3)4-5-10(8)15-11/h4-7,13H,1-3H3. The molecule has 0 saturated carbocycles. The second-order valence-corrected chi connectivity index (χ2v) is 4.07. The van der Waals surface area contributed by atoms with Crippen LogP contribution in [-0.2, 0) is 5.60 Å². The molecule has 1 N–H and O–H groups in total. The number of benzene rings is 1. The van der Waals surface area contributed by atoms with E-state index in [9.17, 15) is 5.11 Å². The number of aliphatic hydroxyl groups is 1. The molecule has 0 radical (unpaired) electrons. The molecule has 80 valence electrons. The van der Waals surface area contributed by atoms with Crippen molar-refractivity contribution in [2.75, 3.05) is 7.11 Å². The number of methoxy groups -OCH3 is 1. The summed E-state index contributed by atoms with van der Waals surface area (Å²) in [4.78, 5) is 0. The lowest BCUT2D eigenvalue weighted by Gasteiger charge is -2.12. The van der Waals surface area contributed by atoms with Crippen LogP contribution < -0.4 is 4.74 Å². The summed E-state index contributed by atoms with van der Waals surface area (Å²) < 4.78 is 10.6. The molecule has 1 aromatic heterocycles. The summed E-state index contributed by atoms with van der Waals surface area (Å²) in [5.74, 6) is 1.34. The Hall–Kier alpha value is -1.48. The van der Waals surface area contributed by atoms with Crippen LogP contribution in [0.2, 0.25) is 0 Å². The molecule has 0 spiro atoms. The summed E-state index contributed by atoms with van der Waals surface area (Å²) in [6.45, 7) is 3.39. The molecule has 0 saturated heterocycles. The molecule has 0 aliphatic rings. The molecular weight excluding hydrogens is 192 g/mol. The first-order valence-corrected chi connectivity index (χ1v) is 4.81. The van der Waals surface area contributed by atoms with Crippen molar-refractivity contribution in [1.29, 1.82) is 0 Å². The predicted molar refractivity (Wildman–Crippen MR) is 58.0 cm³/mol. The van der Waals surface area contributed by atoms with Crippen LogP contribution in [0, 0.1) is 0 Å². The van der Waals surface area contributed by atoms with Crippen molar-refractivity contribution in [3.63, 3.8) is 0 Å². The van der Waals surface area contributed by atoms with Crippen LogP contribution in [0.15, 0.2) is 28.7 Å². The first-order valence-electron chi connectivity index (χ1n) is 4.81. The Bertz CT molecular complexity index is 477. The summed E-state index contributed by atoms with van der Waals surface area (Å²) in [6.07, 6.45) is 0. The van der Waals surface area contributed by atoms with Gasteiger partial charge in [0.2, 0.25) is 0 Å². The summed E-state index contributed by atoms with van der Waals surface area (Å²) >= 11 is 0. The van der Waals surface area contributed by atoms with Gasteiger partial charge in [0.15, 0.2) is 0 Å². The van der Waals surface area contributed by atoms with Gasteiger partial charge in [-0.2, -0.15) is 0 Å². The lowest BCUT2D eigenvalue weighted by molar-refractivity contribution is 0.0559. The van der Waals surface area contributed by atoms with Gasteiger partial charge in [-0.1, -0.05) is 0 Å². The Labute approximate surface area is 88.3 Å². The first kappa shape index (κ1) is 10.1. The SMILES string of the molecule is COc1ccc2oc(C(C)(C)O)cc2c1. The molecule has 0 aliphatic carbocycles. The number of ether oxygens (including phenoxy) is 1. The van der Waals surface area contributed by atoms with Gasteiger partial charge < -0.3 is 14.3 Å². The van der Waals surface area contributed by atoms with E-state index < -0.39 is 5.60 Å². The van der Waals surface area contributed by atoms with Crippen LogP contribution >= 0.6 is 0 Å². The average molecular weight is 206 g/mol. The zero-order valence-corrected chi connectivity index (χ0v) is 9.07. The minimum atomic E-state index is -0.952. The minimum absolute atomic E-state index is 0.561. The van der Waals surface area contributed by atoms with Crippen LogP contribution in [-0.4, -0.2) is 12.2 Å². The molecule has 0 amide bonds. The molecule has 2 aromatic rings. The van der Waals surface area contributed by atoms with E-state index >= 15 is 0 Å². The Morgan fingerprint density at radius 3 is 2.60 bits per heavy atom. The maximum atomic E-state index is 9.79. The number of hydrogen-bond acceptors (Lipinski definition) is 3. The Kier molecular flexibility index (Phi) is 2.20. The van der Waals surface area contributed by atoms with E-state index in [1.54, 1.807) is 21.0 Å². The summed E-state index contributed by atoms with van der Waals surface area (Å²) in [7, 11) is 1.62. The topological polar surface area (TPSA) is 42.6 Å². The van der Waals surface area contributed by atoms with E-state index in [0.717, 1.165) is 16.7 Å². The Morgan fingerprint density at radius 2 is 2.00 bits per heavy atom. The molecular formula is C12H14O3. The van der Waals surface area contributed by atoms with E-state index in [0.29, 0.717) is 5.76 Å². The molecule has 3 nitrogen and oxygen atoms in total. The highest BCUT2D eigenvalue weighted by Gasteiger charge is 2.20.